The number of carbonyl (C=O) groups is 1. The van der Waals surface area contributed by atoms with Crippen molar-refractivity contribution in [2.45, 2.75) is 25.5 Å². The summed E-state index contributed by atoms with van der Waals surface area (Å²) in [5.41, 5.74) is 2.96. The van der Waals surface area contributed by atoms with Gasteiger partial charge in [0.15, 0.2) is 0 Å². The molecule has 2 fully saturated rings. The number of piperazine rings is 1. The summed E-state index contributed by atoms with van der Waals surface area (Å²) in [6.45, 7) is 5.68. The van der Waals surface area contributed by atoms with Crippen molar-refractivity contribution >= 4 is 44.8 Å². The number of nitrogens with zero attached hydrogens (tertiary/aromatic N) is 3. The van der Waals surface area contributed by atoms with Crippen LogP contribution >= 0.6 is 23.2 Å². The first-order valence-corrected chi connectivity index (χ1v) is 13.6. The highest BCUT2D eigenvalue weighted by molar-refractivity contribution is 7.88. The summed E-state index contributed by atoms with van der Waals surface area (Å²) >= 11 is 12.2. The van der Waals surface area contributed by atoms with E-state index < -0.39 is 10.0 Å². The lowest BCUT2D eigenvalue weighted by molar-refractivity contribution is -0.137. The molecule has 178 valence electrons. The smallest absolute Gasteiger partial charge is 0.225 e. The van der Waals surface area contributed by atoms with Gasteiger partial charge in [-0.25, -0.2) is 12.7 Å². The molecule has 2 aliphatic heterocycles. The van der Waals surface area contributed by atoms with Crippen molar-refractivity contribution in [2.24, 2.45) is 5.92 Å². The third-order valence-electron chi connectivity index (χ3n) is 6.54. The van der Waals surface area contributed by atoms with E-state index in [0.717, 1.165) is 18.8 Å². The van der Waals surface area contributed by atoms with Crippen LogP contribution in [0.3, 0.4) is 0 Å². The lowest BCUT2D eigenvalue weighted by Gasteiger charge is -2.39. The molecule has 2 aromatic carbocycles. The summed E-state index contributed by atoms with van der Waals surface area (Å²) in [7, 11) is -3.44. The van der Waals surface area contributed by atoms with E-state index >= 15 is 0 Å². The van der Waals surface area contributed by atoms with Crippen LogP contribution in [0.1, 0.15) is 24.0 Å². The first-order chi connectivity index (χ1) is 15.7. The molecule has 4 rings (SSSR count). The van der Waals surface area contributed by atoms with Gasteiger partial charge in [0, 0.05) is 60.9 Å². The maximum atomic E-state index is 13.1. The molecular weight excluding hydrogens is 481 g/mol. The van der Waals surface area contributed by atoms with Crippen LogP contribution in [0.2, 0.25) is 10.0 Å². The predicted molar refractivity (Wildman–Crippen MR) is 133 cm³/mol. The molecule has 6 nitrogen and oxygen atoms in total. The molecule has 0 unspecified atom stereocenters. The lowest BCUT2D eigenvalue weighted by atomic mass is 9.96. The first kappa shape index (κ1) is 24.3. The normalized spacial score (nSPS) is 18.5. The second-order valence-corrected chi connectivity index (χ2v) is 11.6. The van der Waals surface area contributed by atoms with E-state index in [1.165, 1.54) is 9.87 Å². The summed E-state index contributed by atoms with van der Waals surface area (Å²) in [4.78, 5) is 17.3. The summed E-state index contributed by atoms with van der Waals surface area (Å²) in [5.74, 6) is -0.0525. The highest BCUT2D eigenvalue weighted by Gasteiger charge is 2.34. The second-order valence-electron chi connectivity index (χ2n) is 8.80. The fraction of sp³-hybridized carbons (Fsp3) is 0.458. The number of aryl methyl sites for hydroxylation is 1. The van der Waals surface area contributed by atoms with E-state index in [0.29, 0.717) is 54.6 Å². The quantitative estimate of drug-likeness (QED) is 0.606. The average Bonchev–Trinajstić information content (AvgIpc) is 2.80. The number of sulfonamides is 1. The summed E-state index contributed by atoms with van der Waals surface area (Å²) in [6, 6.07) is 12.8. The predicted octanol–water partition coefficient (Wildman–Crippen LogP) is 4.19. The molecule has 0 atom stereocenters. The Bertz CT molecular complexity index is 1110. The van der Waals surface area contributed by atoms with Crippen molar-refractivity contribution in [1.29, 1.82) is 0 Å². The number of halogens is 2. The van der Waals surface area contributed by atoms with Gasteiger partial charge in [-0.15, -0.1) is 0 Å². The number of anilines is 1. The van der Waals surface area contributed by atoms with Crippen molar-refractivity contribution < 1.29 is 13.2 Å². The number of benzene rings is 2. The van der Waals surface area contributed by atoms with Crippen molar-refractivity contribution in [1.82, 2.24) is 9.21 Å². The standard InChI is InChI=1S/C24H29Cl2N3O3S/c1-18-5-6-22(26)16-23(18)27-11-13-28(14-12-27)24(30)20-7-9-29(10-8-20)33(31,32)17-19-3-2-4-21(25)15-19/h2-6,15-16,20H,7-14,17H2,1H3. The minimum absolute atomic E-state index is 0.0724. The van der Waals surface area contributed by atoms with Gasteiger partial charge in [-0.3, -0.25) is 4.79 Å². The lowest BCUT2D eigenvalue weighted by Crippen LogP contribution is -2.52. The van der Waals surface area contributed by atoms with E-state index in [9.17, 15) is 13.2 Å². The van der Waals surface area contributed by atoms with E-state index in [1.54, 1.807) is 24.3 Å². The number of hydrogen-bond acceptors (Lipinski definition) is 4. The Hall–Kier alpha value is -1.80. The molecule has 0 spiro atoms. The zero-order chi connectivity index (χ0) is 23.6. The van der Waals surface area contributed by atoms with E-state index in [1.807, 2.05) is 23.1 Å². The molecule has 0 bridgehead atoms. The first-order valence-electron chi connectivity index (χ1n) is 11.2. The molecule has 0 N–H and O–H groups in total. The number of piperidine rings is 1. The van der Waals surface area contributed by atoms with Crippen LogP contribution in [0.25, 0.3) is 0 Å². The zero-order valence-electron chi connectivity index (χ0n) is 18.7. The molecule has 2 aromatic rings. The molecule has 1 amide bonds. The Labute approximate surface area is 206 Å². The van der Waals surface area contributed by atoms with Gasteiger partial charge in [-0.2, -0.15) is 0 Å². The van der Waals surface area contributed by atoms with E-state index in [-0.39, 0.29) is 17.6 Å². The maximum absolute atomic E-state index is 13.1. The van der Waals surface area contributed by atoms with E-state index in [4.69, 9.17) is 23.2 Å². The molecule has 33 heavy (non-hydrogen) atoms. The van der Waals surface area contributed by atoms with Gasteiger partial charge in [0.25, 0.3) is 0 Å². The highest BCUT2D eigenvalue weighted by atomic mass is 35.5. The van der Waals surface area contributed by atoms with Crippen LogP contribution in [0, 0.1) is 12.8 Å². The molecule has 9 heteroatoms. The highest BCUT2D eigenvalue weighted by Crippen LogP contribution is 2.27. The molecule has 2 heterocycles. The molecular formula is C24H29Cl2N3O3S. The fourth-order valence-electron chi connectivity index (χ4n) is 4.66. The Morgan fingerprint density at radius 3 is 2.27 bits per heavy atom. The van der Waals surface area contributed by atoms with Gasteiger partial charge in [0.1, 0.15) is 0 Å². The molecule has 2 aliphatic rings. The number of hydrogen-bond donors (Lipinski definition) is 0. The van der Waals surface area contributed by atoms with Crippen molar-refractivity contribution in [3.63, 3.8) is 0 Å². The minimum Gasteiger partial charge on any atom is -0.368 e. The monoisotopic (exact) mass is 509 g/mol. The summed E-state index contributed by atoms with van der Waals surface area (Å²) < 4.78 is 27.2. The van der Waals surface area contributed by atoms with Crippen LogP contribution in [-0.4, -0.2) is 62.8 Å². The Kier molecular flexibility index (Phi) is 7.53. The van der Waals surface area contributed by atoms with Crippen LogP contribution in [0.4, 0.5) is 5.69 Å². The summed E-state index contributed by atoms with van der Waals surface area (Å²) in [6.07, 6.45) is 1.11. The average molecular weight is 510 g/mol. The van der Waals surface area contributed by atoms with Gasteiger partial charge in [-0.05, 0) is 55.2 Å². The van der Waals surface area contributed by atoms with Crippen LogP contribution in [0.5, 0.6) is 0 Å². The largest absolute Gasteiger partial charge is 0.368 e. The fourth-order valence-corrected chi connectivity index (χ4v) is 6.59. The molecule has 2 saturated heterocycles. The molecule has 0 aliphatic carbocycles. The van der Waals surface area contributed by atoms with Crippen LogP contribution in [0.15, 0.2) is 42.5 Å². The second kappa shape index (κ2) is 10.2. The van der Waals surface area contributed by atoms with Gasteiger partial charge < -0.3 is 9.80 Å². The minimum atomic E-state index is -3.44. The van der Waals surface area contributed by atoms with Gasteiger partial charge in [0.05, 0.1) is 5.75 Å². The van der Waals surface area contributed by atoms with Gasteiger partial charge in [0.2, 0.25) is 15.9 Å². The van der Waals surface area contributed by atoms with E-state index in [2.05, 4.69) is 11.8 Å². The van der Waals surface area contributed by atoms with Gasteiger partial charge in [-0.1, -0.05) is 41.4 Å². The van der Waals surface area contributed by atoms with Crippen LogP contribution < -0.4 is 4.90 Å². The third kappa shape index (κ3) is 5.83. The zero-order valence-corrected chi connectivity index (χ0v) is 21.0. The van der Waals surface area contributed by atoms with Crippen LogP contribution in [-0.2, 0) is 20.6 Å². The molecule has 0 saturated carbocycles. The Balaban J connectivity index is 1.29. The topological polar surface area (TPSA) is 60.9 Å². The van der Waals surface area contributed by atoms with Gasteiger partial charge >= 0.3 is 0 Å². The maximum Gasteiger partial charge on any atom is 0.225 e. The summed E-state index contributed by atoms with van der Waals surface area (Å²) in [5, 5.41) is 1.24. The number of carbonyl (C=O) groups excluding carboxylic acids is 1. The molecule has 0 radical (unpaired) electrons. The third-order valence-corrected chi connectivity index (χ3v) is 8.86. The SMILES string of the molecule is Cc1ccc(Cl)cc1N1CCN(C(=O)C2CCN(S(=O)(=O)Cc3cccc(Cl)c3)CC2)CC1. The molecule has 0 aromatic heterocycles. The number of amides is 1. The van der Waals surface area contributed by atoms with Crippen molar-refractivity contribution in [3.05, 3.63) is 63.6 Å². The number of rotatable bonds is 5. The Morgan fingerprint density at radius 1 is 0.939 bits per heavy atom. The van der Waals surface area contributed by atoms with Crippen molar-refractivity contribution in [2.75, 3.05) is 44.2 Å². The van der Waals surface area contributed by atoms with Crippen molar-refractivity contribution in [3.8, 4) is 0 Å². The Morgan fingerprint density at radius 2 is 1.61 bits per heavy atom.